The standard InChI is InChI=1S/C5H10O2.C3H6O3/c1-2-3-4-5(6)7;1-2(4)3(5)6/h2-4H2,1H3,(H,6,7);2,4H,1H3,(H,5,6). The van der Waals surface area contributed by atoms with Crippen LogP contribution >= 0.6 is 0 Å². The average molecular weight is 192 g/mol. The van der Waals surface area contributed by atoms with E-state index in [4.69, 9.17) is 15.3 Å². The van der Waals surface area contributed by atoms with Crippen molar-refractivity contribution in [1.82, 2.24) is 0 Å². The maximum Gasteiger partial charge on any atom is 0.332 e. The van der Waals surface area contributed by atoms with Gasteiger partial charge in [-0.1, -0.05) is 13.3 Å². The Morgan fingerprint density at radius 1 is 1.31 bits per heavy atom. The zero-order valence-corrected chi connectivity index (χ0v) is 7.86. The van der Waals surface area contributed by atoms with E-state index in [1.54, 1.807) is 0 Å². The topological polar surface area (TPSA) is 94.8 Å². The molecule has 3 N–H and O–H groups in total. The van der Waals surface area contributed by atoms with E-state index in [0.717, 1.165) is 12.8 Å². The molecule has 1 atom stereocenters. The third-order valence-corrected chi connectivity index (χ3v) is 1.10. The van der Waals surface area contributed by atoms with E-state index in [1.807, 2.05) is 6.92 Å². The van der Waals surface area contributed by atoms with E-state index < -0.39 is 18.0 Å². The van der Waals surface area contributed by atoms with E-state index in [1.165, 1.54) is 6.92 Å². The van der Waals surface area contributed by atoms with Crippen LogP contribution in [0.5, 0.6) is 0 Å². The highest BCUT2D eigenvalue weighted by Gasteiger charge is 2.01. The van der Waals surface area contributed by atoms with Crippen LogP contribution in [0.25, 0.3) is 0 Å². The van der Waals surface area contributed by atoms with E-state index in [-0.39, 0.29) is 0 Å². The molecule has 0 saturated heterocycles. The minimum atomic E-state index is -1.23. The fourth-order valence-electron chi connectivity index (χ4n) is 0.328. The SMILES string of the molecule is CC(O)C(=O)O.CCCCC(=O)O. The maximum atomic E-state index is 9.76. The number of unbranched alkanes of at least 4 members (excludes halogenated alkanes) is 1. The molecule has 13 heavy (non-hydrogen) atoms. The van der Waals surface area contributed by atoms with Crippen LogP contribution in [0.3, 0.4) is 0 Å². The Balaban J connectivity index is 0. The lowest BCUT2D eigenvalue weighted by atomic mass is 10.3. The highest BCUT2D eigenvalue weighted by molar-refractivity contribution is 5.71. The molecule has 0 aliphatic heterocycles. The molecule has 0 spiro atoms. The van der Waals surface area contributed by atoms with E-state index in [2.05, 4.69) is 0 Å². The summed E-state index contributed by atoms with van der Waals surface area (Å²) in [6.07, 6.45) is 0.850. The summed E-state index contributed by atoms with van der Waals surface area (Å²) < 4.78 is 0. The number of aliphatic carboxylic acids is 2. The lowest BCUT2D eigenvalue weighted by Crippen LogP contribution is -2.13. The zero-order chi connectivity index (χ0) is 10.9. The molecule has 1 unspecified atom stereocenters. The van der Waals surface area contributed by atoms with Crippen LogP contribution in [0, 0.1) is 0 Å². The molecule has 0 heterocycles. The second kappa shape index (κ2) is 8.99. The van der Waals surface area contributed by atoms with Crippen molar-refractivity contribution in [3.05, 3.63) is 0 Å². The molecule has 0 aromatic rings. The van der Waals surface area contributed by atoms with Gasteiger partial charge in [-0.05, 0) is 13.3 Å². The predicted octanol–water partition coefficient (Wildman–Crippen LogP) is 0.713. The molecular weight excluding hydrogens is 176 g/mol. The molecule has 0 bridgehead atoms. The third-order valence-electron chi connectivity index (χ3n) is 1.10. The highest BCUT2D eigenvalue weighted by atomic mass is 16.4. The smallest absolute Gasteiger partial charge is 0.332 e. The van der Waals surface area contributed by atoms with Gasteiger partial charge in [-0.3, -0.25) is 4.79 Å². The van der Waals surface area contributed by atoms with Crippen molar-refractivity contribution in [3.8, 4) is 0 Å². The first-order valence-electron chi connectivity index (χ1n) is 4.04. The quantitative estimate of drug-likeness (QED) is 0.609. The molecule has 5 heteroatoms. The van der Waals surface area contributed by atoms with Crippen molar-refractivity contribution in [3.63, 3.8) is 0 Å². The molecule has 0 aliphatic carbocycles. The Morgan fingerprint density at radius 3 is 1.77 bits per heavy atom. The van der Waals surface area contributed by atoms with Gasteiger partial charge < -0.3 is 15.3 Å². The molecule has 0 amide bonds. The summed E-state index contributed by atoms with van der Waals surface area (Å²) in [6, 6.07) is 0. The fraction of sp³-hybridized carbons (Fsp3) is 0.750. The number of hydrogen-bond donors (Lipinski definition) is 3. The van der Waals surface area contributed by atoms with Gasteiger partial charge in [0.2, 0.25) is 0 Å². The molecule has 0 aromatic carbocycles. The molecule has 5 nitrogen and oxygen atoms in total. The summed E-state index contributed by atoms with van der Waals surface area (Å²) in [5, 5.41) is 23.8. The number of aliphatic hydroxyl groups is 1. The van der Waals surface area contributed by atoms with E-state index >= 15 is 0 Å². The van der Waals surface area contributed by atoms with Crippen molar-refractivity contribution in [1.29, 1.82) is 0 Å². The normalized spacial score (nSPS) is 11.0. The first kappa shape index (κ1) is 14.4. The summed E-state index contributed by atoms with van der Waals surface area (Å²) in [7, 11) is 0. The van der Waals surface area contributed by atoms with Gasteiger partial charge in [-0.2, -0.15) is 0 Å². The number of hydrogen-bond acceptors (Lipinski definition) is 3. The van der Waals surface area contributed by atoms with Crippen LogP contribution in [-0.2, 0) is 9.59 Å². The summed E-state index contributed by atoms with van der Waals surface area (Å²) in [4.78, 5) is 19.2. The number of aliphatic hydroxyl groups excluding tert-OH is 1. The average Bonchev–Trinajstić information content (AvgIpc) is 2.01. The lowest BCUT2D eigenvalue weighted by Gasteiger charge is -1.89. The minimum absolute atomic E-state index is 0.316. The predicted molar refractivity (Wildman–Crippen MR) is 46.5 cm³/mol. The Morgan fingerprint density at radius 2 is 1.69 bits per heavy atom. The summed E-state index contributed by atoms with van der Waals surface area (Å²) >= 11 is 0. The van der Waals surface area contributed by atoms with Crippen LogP contribution in [-0.4, -0.2) is 33.4 Å². The van der Waals surface area contributed by atoms with Gasteiger partial charge in [-0.15, -0.1) is 0 Å². The van der Waals surface area contributed by atoms with Gasteiger partial charge in [0, 0.05) is 6.42 Å². The molecule has 0 saturated carbocycles. The Hall–Kier alpha value is -1.10. The van der Waals surface area contributed by atoms with Crippen LogP contribution in [0.4, 0.5) is 0 Å². The molecule has 78 valence electrons. The van der Waals surface area contributed by atoms with E-state index in [0.29, 0.717) is 6.42 Å². The van der Waals surface area contributed by atoms with Gasteiger partial charge >= 0.3 is 11.9 Å². The number of carbonyl (C=O) groups is 2. The summed E-state index contributed by atoms with van der Waals surface area (Å²) in [5.74, 6) is -1.88. The molecule has 0 fully saturated rings. The first-order chi connectivity index (χ1) is 5.91. The largest absolute Gasteiger partial charge is 0.481 e. The Kier molecular flexibility index (Phi) is 9.98. The zero-order valence-electron chi connectivity index (χ0n) is 7.86. The van der Waals surface area contributed by atoms with Crippen LogP contribution in [0.1, 0.15) is 33.1 Å². The number of rotatable bonds is 4. The van der Waals surface area contributed by atoms with Gasteiger partial charge in [-0.25, -0.2) is 4.79 Å². The van der Waals surface area contributed by atoms with Crippen LogP contribution < -0.4 is 0 Å². The monoisotopic (exact) mass is 192 g/mol. The van der Waals surface area contributed by atoms with Crippen LogP contribution in [0.2, 0.25) is 0 Å². The Bertz CT molecular complexity index is 153. The van der Waals surface area contributed by atoms with Gasteiger partial charge in [0.05, 0.1) is 0 Å². The summed E-state index contributed by atoms with van der Waals surface area (Å²) in [5.41, 5.74) is 0. The van der Waals surface area contributed by atoms with Crippen LogP contribution in [0.15, 0.2) is 0 Å². The highest BCUT2D eigenvalue weighted by Crippen LogP contribution is 1.91. The van der Waals surface area contributed by atoms with Crippen molar-refractivity contribution in [2.24, 2.45) is 0 Å². The number of carboxylic acid groups (broad SMARTS) is 2. The van der Waals surface area contributed by atoms with Gasteiger partial charge in [0.15, 0.2) is 0 Å². The lowest BCUT2D eigenvalue weighted by molar-refractivity contribution is -0.145. The van der Waals surface area contributed by atoms with Gasteiger partial charge in [0.25, 0.3) is 0 Å². The first-order valence-corrected chi connectivity index (χ1v) is 4.04. The third kappa shape index (κ3) is 18.1. The molecule has 0 aliphatic rings. The second-order valence-corrected chi connectivity index (χ2v) is 2.51. The fourth-order valence-corrected chi connectivity index (χ4v) is 0.328. The Labute approximate surface area is 77.0 Å². The van der Waals surface area contributed by atoms with Crippen molar-refractivity contribution in [2.45, 2.75) is 39.2 Å². The summed E-state index contributed by atoms with van der Waals surface area (Å²) in [6.45, 7) is 3.17. The second-order valence-electron chi connectivity index (χ2n) is 2.51. The van der Waals surface area contributed by atoms with Gasteiger partial charge in [0.1, 0.15) is 6.10 Å². The number of carboxylic acids is 2. The minimum Gasteiger partial charge on any atom is -0.481 e. The van der Waals surface area contributed by atoms with Crippen molar-refractivity contribution in [2.75, 3.05) is 0 Å². The molecule has 0 rings (SSSR count). The molecule has 0 radical (unpaired) electrons. The molecular formula is C8H16O5. The van der Waals surface area contributed by atoms with E-state index in [9.17, 15) is 9.59 Å². The molecule has 0 aromatic heterocycles. The van der Waals surface area contributed by atoms with Crippen molar-refractivity contribution >= 4 is 11.9 Å². The maximum absolute atomic E-state index is 9.76. The van der Waals surface area contributed by atoms with Crippen molar-refractivity contribution < 1.29 is 24.9 Å².